The van der Waals surface area contributed by atoms with Crippen molar-refractivity contribution in [1.82, 2.24) is 9.97 Å². The van der Waals surface area contributed by atoms with Gasteiger partial charge < -0.3 is 10.5 Å². The molecule has 0 aliphatic rings. The van der Waals surface area contributed by atoms with Gasteiger partial charge in [-0.15, -0.1) is 0 Å². The predicted molar refractivity (Wildman–Crippen MR) is 88.9 cm³/mol. The molecule has 0 atom stereocenters. The standard InChI is InChI=1S/C18H19N3O/c1-13-6-4-7-14(12-13)22-11-5-10-17-15-8-2-3-9-16(15)20-18(19)21-17/h2-4,6-9,12H,5,10-11H2,1H3,(H2,19,20,21). The van der Waals surface area contributed by atoms with Crippen LogP contribution in [0.2, 0.25) is 0 Å². The Morgan fingerprint density at radius 1 is 1.05 bits per heavy atom. The van der Waals surface area contributed by atoms with Crippen molar-refractivity contribution in [2.24, 2.45) is 0 Å². The first-order chi connectivity index (χ1) is 10.7. The molecule has 1 heterocycles. The van der Waals surface area contributed by atoms with Crippen LogP contribution >= 0.6 is 0 Å². The molecule has 0 radical (unpaired) electrons. The maximum atomic E-state index is 5.78. The lowest BCUT2D eigenvalue weighted by atomic mass is 10.1. The Hall–Kier alpha value is -2.62. The van der Waals surface area contributed by atoms with E-state index < -0.39 is 0 Å². The number of anilines is 1. The van der Waals surface area contributed by atoms with E-state index in [9.17, 15) is 0 Å². The molecule has 3 rings (SSSR count). The van der Waals surface area contributed by atoms with E-state index in [-0.39, 0.29) is 0 Å². The number of hydrogen-bond donors (Lipinski definition) is 1. The third-order valence-corrected chi connectivity index (χ3v) is 3.52. The smallest absolute Gasteiger partial charge is 0.220 e. The molecule has 0 saturated heterocycles. The Kier molecular flexibility index (Phi) is 4.19. The van der Waals surface area contributed by atoms with Gasteiger partial charge in [-0.3, -0.25) is 0 Å². The lowest BCUT2D eigenvalue weighted by Gasteiger charge is -2.08. The summed E-state index contributed by atoms with van der Waals surface area (Å²) in [5.74, 6) is 1.24. The molecule has 22 heavy (non-hydrogen) atoms. The summed E-state index contributed by atoms with van der Waals surface area (Å²) in [4.78, 5) is 8.63. The lowest BCUT2D eigenvalue weighted by Crippen LogP contribution is -2.04. The minimum atomic E-state index is 0.327. The number of benzene rings is 2. The number of rotatable bonds is 5. The van der Waals surface area contributed by atoms with Crippen molar-refractivity contribution in [2.45, 2.75) is 19.8 Å². The number of aromatic nitrogens is 2. The van der Waals surface area contributed by atoms with E-state index >= 15 is 0 Å². The van der Waals surface area contributed by atoms with Crippen LogP contribution in [0.4, 0.5) is 5.95 Å². The Morgan fingerprint density at radius 3 is 2.77 bits per heavy atom. The molecule has 0 aliphatic carbocycles. The number of fused-ring (bicyclic) bond motifs is 1. The van der Waals surface area contributed by atoms with Crippen molar-refractivity contribution in [3.8, 4) is 5.75 Å². The molecular formula is C18H19N3O. The summed E-state index contributed by atoms with van der Waals surface area (Å²) in [7, 11) is 0. The Labute approximate surface area is 130 Å². The van der Waals surface area contributed by atoms with E-state index in [4.69, 9.17) is 10.5 Å². The largest absolute Gasteiger partial charge is 0.494 e. The summed E-state index contributed by atoms with van der Waals surface area (Å²) in [6, 6.07) is 16.0. The van der Waals surface area contributed by atoms with E-state index in [1.54, 1.807) is 0 Å². The zero-order chi connectivity index (χ0) is 15.4. The Balaban J connectivity index is 1.64. The van der Waals surface area contributed by atoms with Crippen molar-refractivity contribution in [1.29, 1.82) is 0 Å². The third-order valence-electron chi connectivity index (χ3n) is 3.52. The van der Waals surface area contributed by atoms with Crippen LogP contribution in [0.3, 0.4) is 0 Å². The minimum absolute atomic E-state index is 0.327. The normalized spacial score (nSPS) is 10.8. The molecule has 0 fully saturated rings. The van der Waals surface area contributed by atoms with Gasteiger partial charge in [0.2, 0.25) is 5.95 Å². The molecule has 2 aromatic carbocycles. The minimum Gasteiger partial charge on any atom is -0.494 e. The van der Waals surface area contributed by atoms with Crippen LogP contribution in [-0.2, 0) is 6.42 Å². The highest BCUT2D eigenvalue weighted by atomic mass is 16.5. The van der Waals surface area contributed by atoms with Crippen LogP contribution < -0.4 is 10.5 Å². The van der Waals surface area contributed by atoms with Gasteiger partial charge in [-0.1, -0.05) is 30.3 Å². The quantitative estimate of drug-likeness (QED) is 0.731. The summed E-state index contributed by atoms with van der Waals surface area (Å²) in [6.45, 7) is 2.71. The number of ether oxygens (including phenoxy) is 1. The third kappa shape index (κ3) is 3.34. The van der Waals surface area contributed by atoms with Crippen molar-refractivity contribution in [2.75, 3.05) is 12.3 Å². The van der Waals surface area contributed by atoms with Gasteiger partial charge in [-0.2, -0.15) is 0 Å². The fourth-order valence-electron chi connectivity index (χ4n) is 2.49. The van der Waals surface area contributed by atoms with Gasteiger partial charge in [0.15, 0.2) is 0 Å². The molecule has 112 valence electrons. The van der Waals surface area contributed by atoms with E-state index in [0.717, 1.165) is 35.2 Å². The molecule has 0 amide bonds. The average Bonchev–Trinajstić information content (AvgIpc) is 2.51. The van der Waals surface area contributed by atoms with Crippen LogP contribution in [0.25, 0.3) is 10.9 Å². The molecule has 4 heteroatoms. The SMILES string of the molecule is Cc1cccc(OCCCc2nc(N)nc3ccccc23)c1. The second-order valence-electron chi connectivity index (χ2n) is 5.31. The maximum Gasteiger partial charge on any atom is 0.220 e. The highest BCUT2D eigenvalue weighted by Gasteiger charge is 2.05. The first-order valence-corrected chi connectivity index (χ1v) is 7.43. The summed E-state index contributed by atoms with van der Waals surface area (Å²) < 4.78 is 5.78. The predicted octanol–water partition coefficient (Wildman–Crippen LogP) is 3.53. The van der Waals surface area contributed by atoms with E-state index in [1.807, 2.05) is 42.5 Å². The molecule has 0 unspecified atom stereocenters. The molecule has 1 aromatic heterocycles. The maximum absolute atomic E-state index is 5.78. The number of para-hydroxylation sites is 1. The molecule has 2 N–H and O–H groups in total. The van der Waals surface area contributed by atoms with Crippen LogP contribution in [0.1, 0.15) is 17.7 Å². The van der Waals surface area contributed by atoms with Crippen molar-refractivity contribution < 1.29 is 4.74 Å². The van der Waals surface area contributed by atoms with Crippen molar-refractivity contribution in [3.05, 3.63) is 59.8 Å². The molecule has 3 aromatic rings. The number of aryl methyl sites for hydroxylation is 2. The van der Waals surface area contributed by atoms with Crippen LogP contribution in [0, 0.1) is 6.92 Å². The van der Waals surface area contributed by atoms with Gasteiger partial charge in [0.1, 0.15) is 5.75 Å². The number of hydrogen-bond acceptors (Lipinski definition) is 4. The zero-order valence-electron chi connectivity index (χ0n) is 12.6. The molecule has 0 saturated carbocycles. The highest BCUT2D eigenvalue weighted by Crippen LogP contribution is 2.18. The van der Waals surface area contributed by atoms with Gasteiger partial charge in [-0.05, 0) is 43.5 Å². The second-order valence-corrected chi connectivity index (χ2v) is 5.31. The summed E-state index contributed by atoms with van der Waals surface area (Å²) in [5.41, 5.74) is 8.86. The summed E-state index contributed by atoms with van der Waals surface area (Å²) in [5, 5.41) is 1.06. The van der Waals surface area contributed by atoms with Gasteiger partial charge in [-0.25, -0.2) is 9.97 Å². The lowest BCUT2D eigenvalue weighted by molar-refractivity contribution is 0.310. The van der Waals surface area contributed by atoms with Crippen LogP contribution in [0.5, 0.6) is 5.75 Å². The Bertz CT molecular complexity index is 786. The molecule has 0 spiro atoms. The van der Waals surface area contributed by atoms with Crippen molar-refractivity contribution in [3.63, 3.8) is 0 Å². The first kappa shape index (κ1) is 14.3. The topological polar surface area (TPSA) is 61.0 Å². The van der Waals surface area contributed by atoms with Gasteiger partial charge >= 0.3 is 0 Å². The van der Waals surface area contributed by atoms with Gasteiger partial charge in [0.25, 0.3) is 0 Å². The first-order valence-electron chi connectivity index (χ1n) is 7.43. The van der Waals surface area contributed by atoms with Crippen molar-refractivity contribution >= 4 is 16.9 Å². The van der Waals surface area contributed by atoms with E-state index in [2.05, 4.69) is 23.0 Å². The van der Waals surface area contributed by atoms with Crippen LogP contribution in [-0.4, -0.2) is 16.6 Å². The molecule has 0 aliphatic heterocycles. The molecule has 4 nitrogen and oxygen atoms in total. The highest BCUT2D eigenvalue weighted by molar-refractivity contribution is 5.81. The van der Waals surface area contributed by atoms with Crippen LogP contribution in [0.15, 0.2) is 48.5 Å². The summed E-state index contributed by atoms with van der Waals surface area (Å²) in [6.07, 6.45) is 1.70. The van der Waals surface area contributed by atoms with E-state index in [1.165, 1.54) is 5.56 Å². The van der Waals surface area contributed by atoms with E-state index in [0.29, 0.717) is 12.6 Å². The molecular weight excluding hydrogens is 274 g/mol. The summed E-state index contributed by atoms with van der Waals surface area (Å²) >= 11 is 0. The fraction of sp³-hybridized carbons (Fsp3) is 0.222. The van der Waals surface area contributed by atoms with Gasteiger partial charge in [0, 0.05) is 5.39 Å². The number of nitrogen functional groups attached to an aromatic ring is 1. The number of nitrogens with zero attached hydrogens (tertiary/aromatic N) is 2. The fourth-order valence-corrected chi connectivity index (χ4v) is 2.49. The molecule has 0 bridgehead atoms. The second kappa shape index (κ2) is 6.43. The zero-order valence-corrected chi connectivity index (χ0v) is 12.6. The average molecular weight is 293 g/mol. The van der Waals surface area contributed by atoms with Gasteiger partial charge in [0.05, 0.1) is 17.8 Å². The number of nitrogens with two attached hydrogens (primary N) is 1. The monoisotopic (exact) mass is 293 g/mol. The Morgan fingerprint density at radius 2 is 1.91 bits per heavy atom.